The zero-order valence-electron chi connectivity index (χ0n) is 13.4. The Balaban J connectivity index is 2.14. The van der Waals surface area contributed by atoms with Crippen LogP contribution in [0.25, 0.3) is 0 Å². The van der Waals surface area contributed by atoms with Gasteiger partial charge in [0.1, 0.15) is 5.41 Å². The van der Waals surface area contributed by atoms with E-state index >= 15 is 0 Å². The molecule has 1 saturated carbocycles. The zero-order valence-corrected chi connectivity index (χ0v) is 15.0. The molecule has 0 aliphatic heterocycles. The summed E-state index contributed by atoms with van der Waals surface area (Å²) in [5.41, 5.74) is -0.954. The fraction of sp³-hybridized carbons (Fsp3) is 0.278. The van der Waals surface area contributed by atoms with Crippen molar-refractivity contribution in [2.75, 3.05) is 13.7 Å². The second kappa shape index (κ2) is 6.44. The molecule has 3 rings (SSSR count). The van der Waals surface area contributed by atoms with Crippen LogP contribution in [0, 0.1) is 5.41 Å². The predicted molar refractivity (Wildman–Crippen MR) is 93.6 cm³/mol. The van der Waals surface area contributed by atoms with Crippen molar-refractivity contribution in [2.45, 2.75) is 16.1 Å². The number of hydrogen-bond donors (Lipinski definition) is 1. The second-order valence-electron chi connectivity index (χ2n) is 6.09. The molecule has 5 nitrogen and oxygen atoms in total. The molecule has 1 aliphatic carbocycles. The van der Waals surface area contributed by atoms with Gasteiger partial charge >= 0.3 is 5.97 Å². The molecule has 2 aromatic carbocycles. The minimum Gasteiger partial charge on any atom is -0.481 e. The molecule has 7 heteroatoms. The van der Waals surface area contributed by atoms with Crippen LogP contribution in [0.5, 0.6) is 0 Å². The number of rotatable bonds is 6. The summed E-state index contributed by atoms with van der Waals surface area (Å²) >= 11 is 6.02. The van der Waals surface area contributed by atoms with E-state index in [9.17, 15) is 18.3 Å². The summed E-state index contributed by atoms with van der Waals surface area (Å²) in [7, 11) is -2.49. The number of benzene rings is 2. The first-order valence-corrected chi connectivity index (χ1v) is 9.55. The summed E-state index contributed by atoms with van der Waals surface area (Å²) in [4.78, 5) is 12.2. The van der Waals surface area contributed by atoms with Crippen molar-refractivity contribution in [3.05, 3.63) is 65.2 Å². The normalized spacial score (nSPS) is 25.5. The van der Waals surface area contributed by atoms with Crippen molar-refractivity contribution >= 4 is 27.4 Å². The van der Waals surface area contributed by atoms with Gasteiger partial charge in [-0.15, -0.1) is 0 Å². The van der Waals surface area contributed by atoms with Gasteiger partial charge < -0.3 is 9.84 Å². The van der Waals surface area contributed by atoms with Crippen molar-refractivity contribution in [1.82, 2.24) is 0 Å². The first-order valence-electron chi connectivity index (χ1n) is 7.62. The number of methoxy groups -OCH3 is 1. The van der Waals surface area contributed by atoms with Gasteiger partial charge in [0.05, 0.1) is 16.8 Å². The summed E-state index contributed by atoms with van der Waals surface area (Å²) in [6.07, 6.45) is 0. The average molecular weight is 381 g/mol. The van der Waals surface area contributed by atoms with Crippen LogP contribution in [-0.4, -0.2) is 38.5 Å². The molecule has 0 bridgehead atoms. The molecule has 1 fully saturated rings. The quantitative estimate of drug-likeness (QED) is 0.833. The van der Waals surface area contributed by atoms with Crippen LogP contribution in [-0.2, 0) is 19.4 Å². The van der Waals surface area contributed by atoms with E-state index in [-0.39, 0.29) is 11.5 Å². The van der Waals surface area contributed by atoms with Gasteiger partial charge in [-0.3, -0.25) is 4.79 Å². The summed E-state index contributed by atoms with van der Waals surface area (Å²) < 4.78 is 31.3. The Hall–Kier alpha value is -1.89. The summed E-state index contributed by atoms with van der Waals surface area (Å²) in [6, 6.07) is 14.5. The van der Waals surface area contributed by atoms with E-state index in [1.165, 1.54) is 19.2 Å². The maximum atomic E-state index is 13.1. The molecule has 0 amide bonds. The van der Waals surface area contributed by atoms with Crippen LogP contribution in [0.1, 0.15) is 11.5 Å². The highest BCUT2D eigenvalue weighted by Crippen LogP contribution is 2.64. The van der Waals surface area contributed by atoms with E-state index < -0.39 is 32.4 Å². The Bertz CT molecular complexity index is 897. The van der Waals surface area contributed by atoms with Crippen LogP contribution in [0.2, 0.25) is 5.02 Å². The van der Waals surface area contributed by atoms with Crippen LogP contribution < -0.4 is 0 Å². The molecule has 0 spiro atoms. The number of halogens is 1. The van der Waals surface area contributed by atoms with Gasteiger partial charge in [0, 0.05) is 18.1 Å². The van der Waals surface area contributed by atoms with Crippen molar-refractivity contribution in [3.63, 3.8) is 0 Å². The van der Waals surface area contributed by atoms with E-state index in [2.05, 4.69) is 0 Å². The Morgan fingerprint density at radius 3 is 2.44 bits per heavy atom. The topological polar surface area (TPSA) is 80.7 Å². The Labute approximate surface area is 151 Å². The van der Waals surface area contributed by atoms with Crippen molar-refractivity contribution in [1.29, 1.82) is 0 Å². The molecule has 25 heavy (non-hydrogen) atoms. The number of carboxylic acid groups (broad SMARTS) is 1. The number of carbonyl (C=O) groups is 1. The molecule has 0 aromatic heterocycles. The molecule has 0 radical (unpaired) electrons. The van der Waals surface area contributed by atoms with Gasteiger partial charge in [-0.2, -0.15) is 0 Å². The molecular weight excluding hydrogens is 364 g/mol. The van der Waals surface area contributed by atoms with Crippen molar-refractivity contribution < 1.29 is 23.1 Å². The van der Waals surface area contributed by atoms with Crippen LogP contribution in [0.15, 0.2) is 59.5 Å². The molecule has 132 valence electrons. The number of aliphatic carboxylic acids is 1. The second-order valence-corrected chi connectivity index (χ2v) is 8.60. The lowest BCUT2D eigenvalue weighted by atomic mass is 10.00. The molecular formula is C18H17ClO5S. The Morgan fingerprint density at radius 2 is 1.88 bits per heavy atom. The van der Waals surface area contributed by atoms with Crippen molar-refractivity contribution in [3.8, 4) is 0 Å². The summed E-state index contributed by atoms with van der Waals surface area (Å²) in [5.74, 6) is -1.92. The van der Waals surface area contributed by atoms with Gasteiger partial charge in [-0.05, 0) is 29.8 Å². The van der Waals surface area contributed by atoms with Crippen LogP contribution in [0.4, 0.5) is 0 Å². The van der Waals surface area contributed by atoms with Gasteiger partial charge in [-0.25, -0.2) is 8.42 Å². The van der Waals surface area contributed by atoms with Crippen LogP contribution >= 0.6 is 11.6 Å². The molecule has 0 unspecified atom stereocenters. The highest BCUT2D eigenvalue weighted by Gasteiger charge is 2.76. The molecule has 0 heterocycles. The molecule has 3 atom stereocenters. The lowest BCUT2D eigenvalue weighted by Gasteiger charge is -2.12. The summed E-state index contributed by atoms with van der Waals surface area (Å²) in [6.45, 7) is -0.198. The van der Waals surface area contributed by atoms with E-state index in [1.807, 2.05) is 0 Å². The third-order valence-electron chi connectivity index (χ3n) is 4.65. The lowest BCUT2D eigenvalue weighted by molar-refractivity contribution is -0.145. The fourth-order valence-corrected chi connectivity index (χ4v) is 6.09. The number of hydrogen-bond acceptors (Lipinski definition) is 4. The highest BCUT2D eigenvalue weighted by atomic mass is 35.5. The Kier molecular flexibility index (Phi) is 4.62. The molecule has 2 aromatic rings. The van der Waals surface area contributed by atoms with Gasteiger partial charge in [0.2, 0.25) is 0 Å². The third-order valence-corrected chi connectivity index (χ3v) is 7.18. The van der Waals surface area contributed by atoms with E-state index in [0.29, 0.717) is 10.6 Å². The molecule has 1 aliphatic rings. The maximum absolute atomic E-state index is 13.1. The smallest absolute Gasteiger partial charge is 0.314 e. The minimum absolute atomic E-state index is 0.103. The maximum Gasteiger partial charge on any atom is 0.314 e. The number of carboxylic acids is 1. The minimum atomic E-state index is -3.85. The standard InChI is InChI=1S/C18H17ClO5S/c1-24-11-18(17(20)21)15(12-6-5-7-13(19)10-12)16(18)25(22,23)14-8-3-2-4-9-14/h2-10,15-16H,11H2,1H3,(H,20,21)/t15-,16-,18+/m1/s1. The Morgan fingerprint density at radius 1 is 1.20 bits per heavy atom. The zero-order chi connectivity index (χ0) is 18.2. The predicted octanol–water partition coefficient (Wildman–Crippen LogP) is 3.00. The highest BCUT2D eigenvalue weighted by molar-refractivity contribution is 7.92. The SMILES string of the molecule is COC[C@]1(C(=O)O)[C@H](c2cccc(Cl)c2)[C@H]1S(=O)(=O)c1ccccc1. The number of sulfone groups is 1. The first kappa shape index (κ1) is 17.9. The lowest BCUT2D eigenvalue weighted by Crippen LogP contribution is -2.28. The monoisotopic (exact) mass is 380 g/mol. The fourth-order valence-electron chi connectivity index (χ4n) is 3.52. The van der Waals surface area contributed by atoms with Gasteiger partial charge in [0.15, 0.2) is 9.84 Å². The van der Waals surface area contributed by atoms with Crippen molar-refractivity contribution in [2.24, 2.45) is 5.41 Å². The average Bonchev–Trinajstić information content (AvgIpc) is 3.27. The largest absolute Gasteiger partial charge is 0.481 e. The van der Waals surface area contributed by atoms with E-state index in [1.54, 1.807) is 42.5 Å². The van der Waals surface area contributed by atoms with E-state index in [0.717, 1.165) is 0 Å². The molecule has 1 N–H and O–H groups in total. The van der Waals surface area contributed by atoms with Gasteiger partial charge in [-0.1, -0.05) is 41.9 Å². The molecule has 0 saturated heterocycles. The van der Waals surface area contributed by atoms with Gasteiger partial charge in [0.25, 0.3) is 0 Å². The third kappa shape index (κ3) is 2.84. The van der Waals surface area contributed by atoms with E-state index in [4.69, 9.17) is 16.3 Å². The first-order chi connectivity index (χ1) is 11.9. The number of ether oxygens (including phenoxy) is 1. The summed E-state index contributed by atoms with van der Waals surface area (Å²) in [5, 5.41) is 9.15. The van der Waals surface area contributed by atoms with Crippen LogP contribution in [0.3, 0.4) is 0 Å².